The van der Waals surface area contributed by atoms with E-state index in [4.69, 9.17) is 15.5 Å². The molecule has 0 bridgehead atoms. The smallest absolute Gasteiger partial charge is 0.266 e. The summed E-state index contributed by atoms with van der Waals surface area (Å²) >= 11 is 0. The third-order valence-corrected chi connectivity index (χ3v) is 6.90. The molecule has 0 aliphatic carbocycles. The number of rotatable bonds is 5. The van der Waals surface area contributed by atoms with Gasteiger partial charge >= 0.3 is 0 Å². The minimum Gasteiger partial charge on any atom is -0.494 e. The van der Waals surface area contributed by atoms with Crippen LogP contribution in [0.2, 0.25) is 0 Å². The fourth-order valence-electron chi connectivity index (χ4n) is 4.88. The molecule has 1 aromatic heterocycles. The minimum atomic E-state index is -0.160. The van der Waals surface area contributed by atoms with Gasteiger partial charge in [-0.2, -0.15) is 4.98 Å². The standard InChI is InChI=1S/C26H29N9O2/c1-32-10-12-33(13-11-32)18-6-7-21(22(15-18)37-2)30-25-29-16-20-23(31-25)35(19-5-3-4-17(27)14-19)26-28-8-9-34(26)24(20)36/h3-7,14-16H,8-13,27H2,1-2H3,(H,29,30,31). The third kappa shape index (κ3) is 4.16. The fourth-order valence-corrected chi connectivity index (χ4v) is 4.88. The Labute approximate surface area is 215 Å². The molecule has 11 nitrogen and oxygen atoms in total. The Morgan fingerprint density at radius 3 is 2.65 bits per heavy atom. The number of aromatic nitrogens is 2. The Hall–Kier alpha value is -4.38. The summed E-state index contributed by atoms with van der Waals surface area (Å²) in [5.74, 6) is 1.87. The van der Waals surface area contributed by atoms with Crippen LogP contribution in [-0.2, 0) is 0 Å². The number of aliphatic imine (C=N–C) groups is 1. The lowest BCUT2D eigenvalue weighted by Gasteiger charge is -2.35. The number of piperazine rings is 1. The molecule has 3 aromatic rings. The van der Waals surface area contributed by atoms with Gasteiger partial charge in [0.25, 0.3) is 5.91 Å². The van der Waals surface area contributed by atoms with Crippen LogP contribution in [-0.4, -0.2) is 85.1 Å². The summed E-state index contributed by atoms with van der Waals surface area (Å²) in [7, 11) is 3.79. The number of guanidine groups is 1. The highest BCUT2D eigenvalue weighted by atomic mass is 16.5. The zero-order chi connectivity index (χ0) is 25.5. The number of amides is 1. The van der Waals surface area contributed by atoms with Crippen molar-refractivity contribution in [2.75, 3.05) is 74.3 Å². The molecule has 37 heavy (non-hydrogen) atoms. The second-order valence-corrected chi connectivity index (χ2v) is 9.30. The van der Waals surface area contributed by atoms with Crippen molar-refractivity contribution >= 4 is 46.4 Å². The summed E-state index contributed by atoms with van der Waals surface area (Å²) in [5.41, 5.74) is 9.71. The first-order valence-corrected chi connectivity index (χ1v) is 12.3. The largest absolute Gasteiger partial charge is 0.494 e. The van der Waals surface area contributed by atoms with E-state index in [9.17, 15) is 4.79 Å². The van der Waals surface area contributed by atoms with Crippen molar-refractivity contribution in [1.29, 1.82) is 0 Å². The molecule has 0 unspecified atom stereocenters. The Morgan fingerprint density at radius 1 is 1.03 bits per heavy atom. The fraction of sp³-hybridized carbons (Fsp3) is 0.308. The summed E-state index contributed by atoms with van der Waals surface area (Å²) < 4.78 is 5.70. The van der Waals surface area contributed by atoms with E-state index in [2.05, 4.69) is 38.2 Å². The van der Waals surface area contributed by atoms with E-state index in [1.54, 1.807) is 18.2 Å². The van der Waals surface area contributed by atoms with Crippen molar-refractivity contribution in [1.82, 2.24) is 19.8 Å². The summed E-state index contributed by atoms with van der Waals surface area (Å²) in [6.07, 6.45) is 1.56. The maximum Gasteiger partial charge on any atom is 0.266 e. The van der Waals surface area contributed by atoms with Gasteiger partial charge in [-0.05, 0) is 37.4 Å². The molecule has 190 valence electrons. The molecule has 1 saturated heterocycles. The second-order valence-electron chi connectivity index (χ2n) is 9.30. The van der Waals surface area contributed by atoms with Crippen LogP contribution in [0.25, 0.3) is 0 Å². The van der Waals surface area contributed by atoms with E-state index >= 15 is 0 Å². The van der Waals surface area contributed by atoms with E-state index in [0.29, 0.717) is 47.8 Å². The number of likely N-dealkylation sites (N-methyl/N-ethyl adjacent to an activating group) is 1. The van der Waals surface area contributed by atoms with Crippen molar-refractivity contribution in [3.8, 4) is 5.75 Å². The first-order valence-electron chi connectivity index (χ1n) is 12.3. The molecule has 0 spiro atoms. The van der Waals surface area contributed by atoms with Gasteiger partial charge < -0.3 is 25.6 Å². The van der Waals surface area contributed by atoms with Crippen LogP contribution in [0.3, 0.4) is 0 Å². The molecule has 11 heteroatoms. The van der Waals surface area contributed by atoms with Gasteiger partial charge in [0.1, 0.15) is 11.3 Å². The van der Waals surface area contributed by atoms with Gasteiger partial charge in [0.2, 0.25) is 11.9 Å². The van der Waals surface area contributed by atoms with Gasteiger partial charge in [-0.1, -0.05) is 6.07 Å². The second kappa shape index (κ2) is 9.25. The molecular formula is C26H29N9O2. The lowest BCUT2D eigenvalue weighted by atomic mass is 10.1. The van der Waals surface area contributed by atoms with Crippen LogP contribution in [0, 0.1) is 0 Å². The molecule has 1 amide bonds. The first-order chi connectivity index (χ1) is 18.0. The van der Waals surface area contributed by atoms with Gasteiger partial charge in [-0.15, -0.1) is 0 Å². The maximum absolute atomic E-state index is 13.2. The average Bonchev–Trinajstić information content (AvgIpc) is 3.39. The molecule has 1 fully saturated rings. The highest BCUT2D eigenvalue weighted by molar-refractivity contribution is 6.21. The number of nitrogens with one attached hydrogen (secondary N) is 1. The summed E-state index contributed by atoms with van der Waals surface area (Å²) in [6, 6.07) is 13.5. The van der Waals surface area contributed by atoms with E-state index in [1.807, 2.05) is 41.3 Å². The highest BCUT2D eigenvalue weighted by Gasteiger charge is 2.39. The van der Waals surface area contributed by atoms with Crippen LogP contribution in [0.1, 0.15) is 10.4 Å². The number of ether oxygens (including phenoxy) is 1. The number of nitrogens with zero attached hydrogens (tertiary/aromatic N) is 7. The Kier molecular flexibility index (Phi) is 5.76. The lowest BCUT2D eigenvalue weighted by Crippen LogP contribution is -2.48. The number of nitrogens with two attached hydrogens (primary N) is 1. The predicted molar refractivity (Wildman–Crippen MR) is 144 cm³/mol. The van der Waals surface area contributed by atoms with Gasteiger partial charge in [0.05, 0.1) is 25.0 Å². The van der Waals surface area contributed by atoms with Crippen LogP contribution >= 0.6 is 0 Å². The number of fused-ring (bicyclic) bond motifs is 2. The molecule has 4 heterocycles. The number of methoxy groups -OCH3 is 1. The molecule has 3 aliphatic rings. The van der Waals surface area contributed by atoms with Gasteiger partial charge in [0.15, 0.2) is 5.82 Å². The summed E-state index contributed by atoms with van der Waals surface area (Å²) in [6.45, 7) is 5.03. The number of benzene rings is 2. The van der Waals surface area contributed by atoms with E-state index < -0.39 is 0 Å². The van der Waals surface area contributed by atoms with Crippen LogP contribution in [0.15, 0.2) is 53.7 Å². The Morgan fingerprint density at radius 2 is 1.86 bits per heavy atom. The molecular weight excluding hydrogens is 470 g/mol. The molecule has 0 atom stereocenters. The first kappa shape index (κ1) is 23.0. The zero-order valence-corrected chi connectivity index (χ0v) is 20.9. The van der Waals surface area contributed by atoms with Gasteiger partial charge in [-0.3, -0.25) is 19.6 Å². The van der Waals surface area contributed by atoms with Crippen LogP contribution in [0.4, 0.5) is 34.5 Å². The topological polar surface area (TPSA) is 115 Å². The number of hydrogen-bond donors (Lipinski definition) is 2. The van der Waals surface area contributed by atoms with Crippen LogP contribution in [0.5, 0.6) is 5.75 Å². The van der Waals surface area contributed by atoms with Crippen molar-refractivity contribution in [2.45, 2.75) is 0 Å². The zero-order valence-electron chi connectivity index (χ0n) is 20.9. The van der Waals surface area contributed by atoms with E-state index in [-0.39, 0.29) is 5.91 Å². The van der Waals surface area contributed by atoms with Gasteiger partial charge in [-0.25, -0.2) is 4.98 Å². The van der Waals surface area contributed by atoms with E-state index in [0.717, 1.165) is 43.2 Å². The maximum atomic E-state index is 13.2. The summed E-state index contributed by atoms with van der Waals surface area (Å²) in [4.78, 5) is 35.2. The predicted octanol–water partition coefficient (Wildman–Crippen LogP) is 2.53. The Balaban J connectivity index is 1.34. The summed E-state index contributed by atoms with van der Waals surface area (Å²) in [5, 5.41) is 3.28. The number of carbonyl (C=O) groups is 1. The number of anilines is 6. The molecule has 2 aromatic carbocycles. The SMILES string of the molecule is COc1cc(N2CCN(C)CC2)ccc1Nc1ncc2c(n1)N(c1cccc(N)c1)C1=NCCN1C2=O. The quantitative estimate of drug-likeness (QED) is 0.511. The normalized spacial score (nSPS) is 17.4. The van der Waals surface area contributed by atoms with Crippen molar-refractivity contribution in [3.05, 3.63) is 54.2 Å². The number of carbonyl (C=O) groups excluding carboxylic acids is 1. The number of nitrogen functional groups attached to an aromatic ring is 1. The monoisotopic (exact) mass is 499 g/mol. The Bertz CT molecular complexity index is 1380. The van der Waals surface area contributed by atoms with E-state index in [1.165, 1.54) is 0 Å². The minimum absolute atomic E-state index is 0.160. The molecule has 0 saturated carbocycles. The van der Waals surface area contributed by atoms with Crippen LogP contribution < -0.4 is 25.6 Å². The van der Waals surface area contributed by atoms with Gasteiger partial charge in [0, 0.05) is 56.4 Å². The highest BCUT2D eigenvalue weighted by Crippen LogP contribution is 2.37. The van der Waals surface area contributed by atoms with Crippen molar-refractivity contribution in [2.24, 2.45) is 4.99 Å². The van der Waals surface area contributed by atoms with Crippen molar-refractivity contribution in [3.63, 3.8) is 0 Å². The molecule has 0 radical (unpaired) electrons. The molecule has 3 N–H and O–H groups in total. The average molecular weight is 500 g/mol. The lowest BCUT2D eigenvalue weighted by molar-refractivity contribution is 0.0852. The third-order valence-electron chi connectivity index (χ3n) is 6.90. The number of hydrogen-bond acceptors (Lipinski definition) is 10. The molecule has 3 aliphatic heterocycles. The van der Waals surface area contributed by atoms with Crippen molar-refractivity contribution < 1.29 is 9.53 Å². The molecule has 6 rings (SSSR count).